The summed E-state index contributed by atoms with van der Waals surface area (Å²) in [5.41, 5.74) is -0.719. The fourth-order valence-corrected chi connectivity index (χ4v) is 9.04. The van der Waals surface area contributed by atoms with Gasteiger partial charge in [0, 0.05) is 0 Å². The third kappa shape index (κ3) is 5.08. The van der Waals surface area contributed by atoms with Crippen LogP contribution in [0.25, 0.3) is 0 Å². The molecule has 0 saturated carbocycles. The normalized spacial score (nSPS) is 13.6. The number of carbonyl (C=O) groups excluding carboxylic acids is 1. The maximum atomic E-state index is 14.0. The Morgan fingerprint density at radius 3 is 1.59 bits per heavy atom. The second-order valence-electron chi connectivity index (χ2n) is 8.54. The Bertz CT molecular complexity index is 1500. The summed E-state index contributed by atoms with van der Waals surface area (Å²) < 4.78 is 59.4. The quantitative estimate of drug-likeness (QED) is 0.270. The molecular weight excluding hydrogens is 508 g/mol. The zero-order valence-corrected chi connectivity index (χ0v) is 21.7. The van der Waals surface area contributed by atoms with Crippen molar-refractivity contribution in [2.75, 3.05) is 7.11 Å². The molecule has 0 unspecified atom stereocenters. The number of methoxy groups -OCH3 is 1. The van der Waals surface area contributed by atoms with Crippen LogP contribution in [0, 0.1) is 0 Å². The Morgan fingerprint density at radius 2 is 1.14 bits per heavy atom. The lowest BCUT2D eigenvalue weighted by molar-refractivity contribution is -0.111. The van der Waals surface area contributed by atoms with Crippen LogP contribution in [0.4, 0.5) is 0 Å². The minimum Gasteiger partial charge on any atom is -0.497 e. The van der Waals surface area contributed by atoms with Crippen LogP contribution >= 0.6 is 0 Å². The number of benzene rings is 4. The molecule has 0 bridgehead atoms. The molecule has 8 heteroatoms. The molecule has 0 spiro atoms. The van der Waals surface area contributed by atoms with Crippen LogP contribution in [0.5, 0.6) is 5.75 Å². The number of hydrogen-bond acceptors (Lipinski definition) is 6. The van der Waals surface area contributed by atoms with E-state index in [1.54, 1.807) is 66.7 Å². The maximum Gasteiger partial charge on any atom is 0.196 e. The SMILES string of the molecule is COc1cccc([C@@](C=O)(CC(S(=O)(=O)c2ccccc2)S(=O)(=O)c2ccccc2)c2ccccc2)c1. The van der Waals surface area contributed by atoms with Gasteiger partial charge in [-0.05, 0) is 53.9 Å². The molecule has 37 heavy (non-hydrogen) atoms. The van der Waals surface area contributed by atoms with Crippen molar-refractivity contribution in [2.24, 2.45) is 0 Å². The van der Waals surface area contributed by atoms with Crippen LogP contribution in [-0.4, -0.2) is 34.8 Å². The zero-order valence-electron chi connectivity index (χ0n) is 20.1. The van der Waals surface area contributed by atoms with Gasteiger partial charge in [-0.1, -0.05) is 78.9 Å². The first-order chi connectivity index (χ1) is 17.8. The molecule has 0 aliphatic carbocycles. The predicted octanol–water partition coefficient (Wildman–Crippen LogP) is 4.84. The van der Waals surface area contributed by atoms with Gasteiger partial charge in [0.15, 0.2) is 24.3 Å². The number of rotatable bonds is 10. The van der Waals surface area contributed by atoms with Crippen LogP contribution in [0.2, 0.25) is 0 Å². The number of aldehydes is 1. The molecule has 4 aromatic rings. The molecule has 4 aromatic carbocycles. The molecule has 0 radical (unpaired) electrons. The molecule has 0 aromatic heterocycles. The molecule has 6 nitrogen and oxygen atoms in total. The molecule has 0 amide bonds. The summed E-state index contributed by atoms with van der Waals surface area (Å²) in [6.07, 6.45) is 0.0905. The minimum atomic E-state index is -4.46. The molecule has 4 rings (SSSR count). The van der Waals surface area contributed by atoms with Gasteiger partial charge in [0.05, 0.1) is 22.3 Å². The van der Waals surface area contributed by atoms with Gasteiger partial charge in [0.2, 0.25) is 0 Å². The Balaban J connectivity index is 2.01. The summed E-state index contributed by atoms with van der Waals surface area (Å²) in [5.74, 6) is 0.452. The molecule has 0 fully saturated rings. The summed E-state index contributed by atoms with van der Waals surface area (Å²) in [4.78, 5) is 12.8. The van der Waals surface area contributed by atoms with E-state index < -0.39 is 36.1 Å². The first kappa shape index (κ1) is 26.3. The lowest BCUT2D eigenvalue weighted by Gasteiger charge is -2.33. The van der Waals surface area contributed by atoms with Gasteiger partial charge in [-0.15, -0.1) is 0 Å². The van der Waals surface area contributed by atoms with E-state index in [0.29, 0.717) is 23.2 Å². The average Bonchev–Trinajstić information content (AvgIpc) is 2.95. The fourth-order valence-electron chi connectivity index (χ4n) is 4.40. The van der Waals surface area contributed by atoms with Gasteiger partial charge in [-0.25, -0.2) is 16.8 Å². The van der Waals surface area contributed by atoms with Crippen LogP contribution in [0.1, 0.15) is 17.5 Å². The van der Waals surface area contributed by atoms with E-state index in [0.717, 1.165) is 0 Å². The minimum absolute atomic E-state index is 0.141. The van der Waals surface area contributed by atoms with Crippen molar-refractivity contribution in [2.45, 2.75) is 26.2 Å². The van der Waals surface area contributed by atoms with Crippen LogP contribution in [-0.2, 0) is 29.9 Å². The number of sulfone groups is 2. The first-order valence-electron chi connectivity index (χ1n) is 11.5. The maximum absolute atomic E-state index is 14.0. The van der Waals surface area contributed by atoms with Crippen molar-refractivity contribution in [1.82, 2.24) is 0 Å². The van der Waals surface area contributed by atoms with Gasteiger partial charge >= 0.3 is 0 Å². The van der Waals surface area contributed by atoms with Gasteiger partial charge < -0.3 is 9.53 Å². The molecule has 0 aliphatic rings. The number of carbonyl (C=O) groups is 1. The predicted molar refractivity (Wildman–Crippen MR) is 142 cm³/mol. The van der Waals surface area contributed by atoms with Crippen LogP contribution in [0.15, 0.2) is 125 Å². The molecule has 190 valence electrons. The summed E-state index contributed by atoms with van der Waals surface area (Å²) in [7, 11) is -7.44. The van der Waals surface area contributed by atoms with Crippen LogP contribution < -0.4 is 4.74 Å². The van der Waals surface area contributed by atoms with Crippen molar-refractivity contribution in [3.63, 3.8) is 0 Å². The third-order valence-corrected chi connectivity index (χ3v) is 11.5. The number of ether oxygens (including phenoxy) is 1. The molecule has 0 saturated heterocycles. The van der Waals surface area contributed by atoms with E-state index in [9.17, 15) is 21.6 Å². The Kier molecular flexibility index (Phi) is 7.61. The highest BCUT2D eigenvalue weighted by Crippen LogP contribution is 2.41. The second-order valence-corrected chi connectivity index (χ2v) is 13.1. The molecule has 0 heterocycles. The lowest BCUT2D eigenvalue weighted by Crippen LogP contribution is -2.41. The van der Waals surface area contributed by atoms with E-state index in [2.05, 4.69) is 0 Å². The molecule has 1 atom stereocenters. The summed E-state index contributed by atoms with van der Waals surface area (Å²) in [6, 6.07) is 30.1. The highest BCUT2D eigenvalue weighted by atomic mass is 32.3. The van der Waals surface area contributed by atoms with Crippen molar-refractivity contribution >= 4 is 26.0 Å². The van der Waals surface area contributed by atoms with Gasteiger partial charge in [-0.3, -0.25) is 0 Å². The smallest absolute Gasteiger partial charge is 0.196 e. The van der Waals surface area contributed by atoms with Crippen molar-refractivity contribution in [3.8, 4) is 5.75 Å². The van der Waals surface area contributed by atoms with Gasteiger partial charge in [0.1, 0.15) is 12.0 Å². The summed E-state index contributed by atoms with van der Waals surface area (Å²) in [5, 5.41) is 0. The van der Waals surface area contributed by atoms with Gasteiger partial charge in [-0.2, -0.15) is 0 Å². The monoisotopic (exact) mass is 534 g/mol. The van der Waals surface area contributed by atoms with E-state index in [1.807, 2.05) is 0 Å². The standard InChI is InChI=1S/C29H26O6S2/c1-35-25-15-11-14-24(20-25)29(22-30,23-12-5-2-6-13-23)21-28(36(31,32)26-16-7-3-8-17-26)37(33,34)27-18-9-4-10-19-27/h2-20,22,28H,21H2,1H3/t29-/m1/s1. The van der Waals surface area contributed by atoms with Crippen molar-refractivity contribution in [3.05, 3.63) is 126 Å². The van der Waals surface area contributed by atoms with Gasteiger partial charge in [0.25, 0.3) is 0 Å². The van der Waals surface area contributed by atoms with Crippen molar-refractivity contribution < 1.29 is 26.4 Å². The molecule has 0 N–H and O–H groups in total. The van der Waals surface area contributed by atoms with Crippen LogP contribution in [0.3, 0.4) is 0 Å². The molecular formula is C29H26O6S2. The Labute approximate surface area is 217 Å². The van der Waals surface area contributed by atoms with E-state index in [1.165, 1.54) is 55.6 Å². The summed E-state index contributed by atoms with van der Waals surface area (Å²) >= 11 is 0. The van der Waals surface area contributed by atoms with Crippen molar-refractivity contribution in [1.29, 1.82) is 0 Å². The Morgan fingerprint density at radius 1 is 0.676 bits per heavy atom. The Hall–Kier alpha value is -3.75. The van der Waals surface area contributed by atoms with E-state index >= 15 is 0 Å². The zero-order chi connectivity index (χ0) is 26.5. The van der Waals surface area contributed by atoms with E-state index in [-0.39, 0.29) is 9.79 Å². The van der Waals surface area contributed by atoms with E-state index in [4.69, 9.17) is 4.74 Å². The average molecular weight is 535 g/mol. The lowest BCUT2D eigenvalue weighted by atomic mass is 9.73. The third-order valence-electron chi connectivity index (χ3n) is 6.40. The largest absolute Gasteiger partial charge is 0.497 e. The number of hydrogen-bond donors (Lipinski definition) is 0. The molecule has 0 aliphatic heterocycles. The highest BCUT2D eigenvalue weighted by Gasteiger charge is 2.48. The topological polar surface area (TPSA) is 94.6 Å². The fraction of sp³-hybridized carbons (Fsp3) is 0.138. The second kappa shape index (κ2) is 10.7. The first-order valence-corrected chi connectivity index (χ1v) is 14.6. The highest BCUT2D eigenvalue weighted by molar-refractivity contribution is 8.09. The summed E-state index contributed by atoms with van der Waals surface area (Å²) in [6.45, 7) is 0.